The first-order valence-corrected chi connectivity index (χ1v) is 10.3. The Labute approximate surface area is 198 Å². The average Bonchev–Trinajstić information content (AvgIpc) is 3.29. The van der Waals surface area contributed by atoms with Crippen molar-refractivity contribution < 1.29 is 35.9 Å². The summed E-state index contributed by atoms with van der Waals surface area (Å²) in [5, 5.41) is 3.91. The summed E-state index contributed by atoms with van der Waals surface area (Å²) in [5.74, 6) is -5.04. The van der Waals surface area contributed by atoms with Crippen molar-refractivity contribution in [2.45, 2.75) is 22.9 Å². The number of rotatable bonds is 6. The van der Waals surface area contributed by atoms with Crippen LogP contribution in [0, 0.1) is 11.7 Å². The first-order valence-electron chi connectivity index (χ1n) is 9.13. The molecule has 2 aromatic carbocycles. The van der Waals surface area contributed by atoms with Crippen LogP contribution >= 0.6 is 34.8 Å². The summed E-state index contributed by atoms with van der Waals surface area (Å²) in [7, 11) is 0. The van der Waals surface area contributed by atoms with Crippen LogP contribution in [0.15, 0.2) is 36.4 Å². The number of hydrogen-bond donors (Lipinski definition) is 2. The normalized spacial score (nSPS) is 19.3. The summed E-state index contributed by atoms with van der Waals surface area (Å²) < 4.78 is 74.9. The lowest BCUT2D eigenvalue weighted by Gasteiger charge is -2.11. The molecule has 0 aliphatic heterocycles. The second kappa shape index (κ2) is 9.23. The van der Waals surface area contributed by atoms with E-state index in [0.29, 0.717) is 0 Å². The van der Waals surface area contributed by atoms with E-state index < -0.39 is 58.5 Å². The number of anilines is 1. The van der Waals surface area contributed by atoms with E-state index in [2.05, 4.69) is 5.32 Å². The molecule has 2 unspecified atom stereocenters. The number of carbonyl (C=O) groups excluding carboxylic acids is 2. The fourth-order valence-corrected chi connectivity index (χ4v) is 4.29. The van der Waals surface area contributed by atoms with Crippen LogP contribution in [0.4, 0.5) is 32.0 Å². The lowest BCUT2D eigenvalue weighted by molar-refractivity contribution is -0.123. The van der Waals surface area contributed by atoms with Gasteiger partial charge >= 0.3 is 6.18 Å². The van der Waals surface area contributed by atoms with Gasteiger partial charge in [0, 0.05) is 11.6 Å². The first kappa shape index (κ1) is 25.5. The van der Waals surface area contributed by atoms with Crippen molar-refractivity contribution in [2.24, 2.45) is 5.92 Å². The molecule has 2 atom stereocenters. The summed E-state index contributed by atoms with van der Waals surface area (Å²) in [4.78, 5) is 24.7. The quantitative estimate of drug-likeness (QED) is 0.341. The maximum absolute atomic E-state index is 13.6. The summed E-state index contributed by atoms with van der Waals surface area (Å²) >= 11 is 18.2. The first-order chi connectivity index (χ1) is 15.2. The molecule has 1 aliphatic rings. The number of carbonyl (C=O) groups is 2. The second-order valence-electron chi connectivity index (χ2n) is 7.19. The van der Waals surface area contributed by atoms with Gasteiger partial charge in [-0.2, -0.15) is 13.2 Å². The third-order valence-corrected chi connectivity index (χ3v) is 6.15. The van der Waals surface area contributed by atoms with E-state index in [-0.39, 0.29) is 21.8 Å². The van der Waals surface area contributed by atoms with Crippen LogP contribution in [0.25, 0.3) is 0 Å². The SMILES string of the molecule is O=C(NCC(F)(F)F)c1cc(NC(=O)C2C(c3ccc(F)c(C(F)F)c3)C2(Cl)Cl)ccc1Cl. The summed E-state index contributed by atoms with van der Waals surface area (Å²) in [6, 6.07) is 6.41. The predicted octanol–water partition coefficient (Wildman–Crippen LogP) is 6.23. The smallest absolute Gasteiger partial charge is 0.343 e. The minimum Gasteiger partial charge on any atom is -0.343 e. The highest BCUT2D eigenvalue weighted by Gasteiger charge is 2.67. The minimum absolute atomic E-state index is 0.00344. The molecular weight excluding hydrogens is 521 g/mol. The Morgan fingerprint density at radius 2 is 1.76 bits per heavy atom. The zero-order chi connectivity index (χ0) is 24.7. The third-order valence-electron chi connectivity index (χ3n) is 4.88. The van der Waals surface area contributed by atoms with Crippen LogP contribution < -0.4 is 10.6 Å². The molecular formula is C20H13Cl3F6N2O2. The van der Waals surface area contributed by atoms with Gasteiger partial charge in [-0.15, -0.1) is 23.2 Å². The van der Waals surface area contributed by atoms with Gasteiger partial charge in [-0.3, -0.25) is 9.59 Å². The van der Waals surface area contributed by atoms with E-state index in [9.17, 15) is 35.9 Å². The molecule has 2 aromatic rings. The van der Waals surface area contributed by atoms with Gasteiger partial charge < -0.3 is 10.6 Å². The molecule has 1 fully saturated rings. The number of amides is 2. The Morgan fingerprint density at radius 3 is 2.36 bits per heavy atom. The molecule has 0 spiro atoms. The number of hydrogen-bond acceptors (Lipinski definition) is 2. The highest BCUT2D eigenvalue weighted by Crippen LogP contribution is 2.65. The molecule has 2 amide bonds. The highest BCUT2D eigenvalue weighted by atomic mass is 35.5. The lowest BCUT2D eigenvalue weighted by Crippen LogP contribution is -2.33. The zero-order valence-electron chi connectivity index (χ0n) is 16.1. The van der Waals surface area contributed by atoms with Gasteiger partial charge in [-0.05, 0) is 35.9 Å². The van der Waals surface area contributed by atoms with Gasteiger partial charge in [0.1, 0.15) is 16.7 Å². The van der Waals surface area contributed by atoms with Gasteiger partial charge in [-0.25, -0.2) is 13.2 Å². The van der Waals surface area contributed by atoms with E-state index in [1.54, 1.807) is 5.32 Å². The van der Waals surface area contributed by atoms with Crippen LogP contribution in [0.5, 0.6) is 0 Å². The standard InChI is InChI=1S/C20H13Cl3F6N2O2/c21-12-3-2-9(6-10(12)17(32)30-7-19(27,28)29)31-18(33)15-14(20(15,22)23)8-1-4-13(24)11(5-8)16(25)26/h1-6,14-16H,7H2,(H,30,32)(H,31,33). The maximum Gasteiger partial charge on any atom is 0.405 e. The molecule has 33 heavy (non-hydrogen) atoms. The Hall–Kier alpha value is -2.17. The van der Waals surface area contributed by atoms with E-state index in [1.165, 1.54) is 18.2 Å². The lowest BCUT2D eigenvalue weighted by atomic mass is 10.0. The Bertz CT molecular complexity index is 1090. The molecule has 0 heterocycles. The molecule has 0 bridgehead atoms. The van der Waals surface area contributed by atoms with Crippen LogP contribution in [-0.2, 0) is 4.79 Å². The molecule has 0 saturated heterocycles. The summed E-state index contributed by atoms with van der Waals surface area (Å²) in [5.41, 5.74) is -1.06. The molecule has 0 radical (unpaired) electrons. The van der Waals surface area contributed by atoms with Crippen molar-refractivity contribution in [2.75, 3.05) is 11.9 Å². The Kier molecular flexibility index (Phi) is 7.12. The number of benzene rings is 2. The number of halogens is 9. The van der Waals surface area contributed by atoms with Gasteiger partial charge in [0.2, 0.25) is 5.91 Å². The molecule has 0 aromatic heterocycles. The monoisotopic (exact) mass is 532 g/mol. The predicted molar refractivity (Wildman–Crippen MR) is 110 cm³/mol. The highest BCUT2D eigenvalue weighted by molar-refractivity contribution is 6.53. The van der Waals surface area contributed by atoms with Crippen LogP contribution in [0.2, 0.25) is 5.02 Å². The van der Waals surface area contributed by atoms with Crippen LogP contribution in [0.1, 0.15) is 33.8 Å². The minimum atomic E-state index is -4.64. The molecule has 1 saturated carbocycles. The van der Waals surface area contributed by atoms with Crippen molar-refractivity contribution in [1.29, 1.82) is 0 Å². The third kappa shape index (κ3) is 5.67. The van der Waals surface area contributed by atoms with Crippen molar-refractivity contribution in [3.05, 3.63) is 63.9 Å². The fraction of sp³-hybridized carbons (Fsp3) is 0.300. The second-order valence-corrected chi connectivity index (χ2v) is 9.04. The molecule has 2 N–H and O–H groups in total. The van der Waals surface area contributed by atoms with E-state index >= 15 is 0 Å². The van der Waals surface area contributed by atoms with Crippen molar-refractivity contribution in [3.63, 3.8) is 0 Å². The number of nitrogens with one attached hydrogen (secondary N) is 2. The number of alkyl halides is 7. The maximum atomic E-state index is 13.6. The van der Waals surface area contributed by atoms with E-state index in [1.807, 2.05) is 0 Å². The zero-order valence-corrected chi connectivity index (χ0v) is 18.4. The van der Waals surface area contributed by atoms with Crippen molar-refractivity contribution in [3.8, 4) is 0 Å². The molecule has 1 aliphatic carbocycles. The Balaban J connectivity index is 1.76. The summed E-state index contributed by atoms with van der Waals surface area (Å²) in [6.07, 6.45) is -7.73. The van der Waals surface area contributed by atoms with E-state index in [4.69, 9.17) is 34.8 Å². The van der Waals surface area contributed by atoms with Gasteiger partial charge in [-0.1, -0.05) is 17.7 Å². The van der Waals surface area contributed by atoms with Crippen LogP contribution in [-0.4, -0.2) is 28.9 Å². The molecule has 3 rings (SSSR count). The van der Waals surface area contributed by atoms with Crippen LogP contribution in [0.3, 0.4) is 0 Å². The summed E-state index contributed by atoms with van der Waals surface area (Å²) in [6.45, 7) is -1.58. The molecule has 178 valence electrons. The fourth-order valence-electron chi connectivity index (χ4n) is 3.26. The van der Waals surface area contributed by atoms with Gasteiger partial charge in [0.15, 0.2) is 0 Å². The van der Waals surface area contributed by atoms with Crippen molar-refractivity contribution >= 4 is 52.3 Å². The van der Waals surface area contributed by atoms with E-state index in [0.717, 1.165) is 18.2 Å². The van der Waals surface area contributed by atoms with Crippen molar-refractivity contribution in [1.82, 2.24) is 5.32 Å². The molecule has 4 nitrogen and oxygen atoms in total. The Morgan fingerprint density at radius 1 is 1.09 bits per heavy atom. The van der Waals surface area contributed by atoms with Gasteiger partial charge in [0.25, 0.3) is 12.3 Å². The van der Waals surface area contributed by atoms with Gasteiger partial charge in [0.05, 0.1) is 22.1 Å². The topological polar surface area (TPSA) is 58.2 Å². The molecule has 13 heteroatoms. The largest absolute Gasteiger partial charge is 0.405 e. The average molecular weight is 534 g/mol.